The van der Waals surface area contributed by atoms with E-state index in [9.17, 15) is 14.7 Å². The summed E-state index contributed by atoms with van der Waals surface area (Å²) in [5, 5.41) is 16.0. The van der Waals surface area contributed by atoms with Crippen LogP contribution in [0.3, 0.4) is 0 Å². The summed E-state index contributed by atoms with van der Waals surface area (Å²) in [5.41, 5.74) is 1.34. The maximum atomic E-state index is 12.6. The van der Waals surface area contributed by atoms with Crippen LogP contribution in [-0.4, -0.2) is 48.6 Å². The topological polar surface area (TPSA) is 106 Å². The Morgan fingerprint density at radius 2 is 1.84 bits per heavy atom. The van der Waals surface area contributed by atoms with Crippen molar-refractivity contribution in [1.82, 2.24) is 10.6 Å². The third kappa shape index (κ3) is 5.40. The van der Waals surface area contributed by atoms with E-state index >= 15 is 0 Å². The number of nitrogens with one attached hydrogen (secondary N) is 2. The van der Waals surface area contributed by atoms with Crippen molar-refractivity contribution in [1.29, 1.82) is 0 Å². The van der Waals surface area contributed by atoms with Crippen molar-refractivity contribution in [3.05, 3.63) is 70.8 Å². The first-order valence-corrected chi connectivity index (χ1v) is 10.6. The van der Waals surface area contributed by atoms with E-state index in [1.807, 2.05) is 12.1 Å². The van der Waals surface area contributed by atoms with E-state index in [0.29, 0.717) is 28.6 Å². The number of benzene rings is 2. The number of carbonyl (C=O) groups is 2. The fraction of sp³-hybridized carbons (Fsp3) is 0.304. The molecule has 0 spiro atoms. The van der Waals surface area contributed by atoms with Gasteiger partial charge in [0.15, 0.2) is 11.5 Å². The van der Waals surface area contributed by atoms with Crippen LogP contribution >= 0.6 is 11.6 Å². The SMILES string of the molecule is O=C(C[C@@H]1C=C[C@H](NC(=O)c2ccc3c(c2)OCO3)[C@@H](CO)O1)NCc1ccc(Cl)cc1. The van der Waals surface area contributed by atoms with Gasteiger partial charge in [-0.05, 0) is 35.9 Å². The Labute approximate surface area is 190 Å². The van der Waals surface area contributed by atoms with Gasteiger partial charge in [-0.2, -0.15) is 0 Å². The van der Waals surface area contributed by atoms with Gasteiger partial charge in [-0.1, -0.05) is 35.9 Å². The van der Waals surface area contributed by atoms with Crippen LogP contribution in [0.15, 0.2) is 54.6 Å². The van der Waals surface area contributed by atoms with Gasteiger partial charge in [0, 0.05) is 17.1 Å². The fourth-order valence-corrected chi connectivity index (χ4v) is 3.59. The average molecular weight is 459 g/mol. The first kappa shape index (κ1) is 22.1. The number of hydrogen-bond donors (Lipinski definition) is 3. The van der Waals surface area contributed by atoms with Crippen LogP contribution in [0.5, 0.6) is 11.5 Å². The maximum absolute atomic E-state index is 12.6. The molecule has 0 bridgehead atoms. The van der Waals surface area contributed by atoms with Crippen molar-refractivity contribution in [3.63, 3.8) is 0 Å². The van der Waals surface area contributed by atoms with Gasteiger partial charge in [0.25, 0.3) is 5.91 Å². The predicted molar refractivity (Wildman–Crippen MR) is 117 cm³/mol. The van der Waals surface area contributed by atoms with Gasteiger partial charge in [-0.3, -0.25) is 9.59 Å². The van der Waals surface area contributed by atoms with Crippen LogP contribution in [0.25, 0.3) is 0 Å². The Bertz CT molecular complexity index is 1010. The molecule has 4 rings (SSSR count). The first-order valence-electron chi connectivity index (χ1n) is 10.2. The summed E-state index contributed by atoms with van der Waals surface area (Å²) in [6.45, 7) is 0.199. The molecule has 2 aromatic carbocycles. The van der Waals surface area contributed by atoms with E-state index in [1.165, 1.54) is 0 Å². The van der Waals surface area contributed by atoms with Crippen molar-refractivity contribution in [2.24, 2.45) is 0 Å². The maximum Gasteiger partial charge on any atom is 0.251 e. The number of carbonyl (C=O) groups excluding carboxylic acids is 2. The minimum atomic E-state index is -0.674. The summed E-state index contributed by atoms with van der Waals surface area (Å²) in [6, 6.07) is 11.6. The van der Waals surface area contributed by atoms with E-state index in [1.54, 1.807) is 42.5 Å². The lowest BCUT2D eigenvalue weighted by atomic mass is 10.0. The highest BCUT2D eigenvalue weighted by Crippen LogP contribution is 2.32. The number of rotatable bonds is 7. The van der Waals surface area contributed by atoms with E-state index in [-0.39, 0.29) is 31.6 Å². The van der Waals surface area contributed by atoms with Gasteiger partial charge >= 0.3 is 0 Å². The van der Waals surface area contributed by atoms with Crippen LogP contribution in [0, 0.1) is 0 Å². The third-order valence-corrected chi connectivity index (χ3v) is 5.44. The van der Waals surface area contributed by atoms with Gasteiger partial charge in [-0.25, -0.2) is 0 Å². The molecule has 0 saturated heterocycles. The average Bonchev–Trinajstić information content (AvgIpc) is 3.27. The molecule has 2 aliphatic rings. The van der Waals surface area contributed by atoms with Crippen molar-refractivity contribution in [2.45, 2.75) is 31.2 Å². The standard InChI is InChI=1S/C23H23ClN2O6/c24-16-4-1-14(2-5-16)11-25-22(28)10-17-6-7-18(21(12-27)32-17)26-23(29)15-3-8-19-20(9-15)31-13-30-19/h1-9,17-18,21,27H,10-13H2,(H,25,28)(H,26,29)/t17-,18-,21+/m0/s1. The largest absolute Gasteiger partial charge is 0.454 e. The Morgan fingerprint density at radius 1 is 1.06 bits per heavy atom. The molecule has 2 heterocycles. The minimum Gasteiger partial charge on any atom is -0.454 e. The summed E-state index contributed by atoms with van der Waals surface area (Å²) < 4.78 is 16.4. The number of halogens is 1. The van der Waals surface area contributed by atoms with Crippen LogP contribution in [0.1, 0.15) is 22.3 Å². The summed E-state index contributed by atoms with van der Waals surface area (Å²) >= 11 is 5.86. The third-order valence-electron chi connectivity index (χ3n) is 5.19. The van der Waals surface area contributed by atoms with Gasteiger partial charge in [0.1, 0.15) is 6.10 Å². The van der Waals surface area contributed by atoms with E-state index in [4.69, 9.17) is 25.8 Å². The van der Waals surface area contributed by atoms with Crippen molar-refractivity contribution >= 4 is 23.4 Å². The fourth-order valence-electron chi connectivity index (χ4n) is 3.47. The molecule has 0 aromatic heterocycles. The Kier molecular flexibility index (Phi) is 6.94. The predicted octanol–water partition coefficient (Wildman–Crippen LogP) is 2.19. The van der Waals surface area contributed by atoms with Crippen molar-refractivity contribution in [3.8, 4) is 11.5 Å². The quantitative estimate of drug-likeness (QED) is 0.549. The second-order valence-corrected chi connectivity index (χ2v) is 7.89. The Morgan fingerprint density at radius 3 is 2.62 bits per heavy atom. The number of aliphatic hydroxyl groups excluding tert-OH is 1. The molecule has 2 aliphatic heterocycles. The van der Waals surface area contributed by atoms with Crippen LogP contribution in [0.4, 0.5) is 0 Å². The summed E-state index contributed by atoms with van der Waals surface area (Å²) in [4.78, 5) is 24.9. The minimum absolute atomic E-state index is 0.101. The van der Waals surface area contributed by atoms with Crippen LogP contribution in [-0.2, 0) is 16.1 Å². The number of ether oxygens (including phenoxy) is 3. The zero-order chi connectivity index (χ0) is 22.5. The molecule has 9 heteroatoms. The Hall–Kier alpha value is -3.07. The van der Waals surface area contributed by atoms with Crippen LogP contribution in [0.2, 0.25) is 5.02 Å². The molecular weight excluding hydrogens is 436 g/mol. The summed E-state index contributed by atoms with van der Waals surface area (Å²) in [5.74, 6) is 0.581. The second kappa shape index (κ2) is 10.0. The summed E-state index contributed by atoms with van der Waals surface area (Å²) in [7, 11) is 0. The highest BCUT2D eigenvalue weighted by atomic mass is 35.5. The van der Waals surface area contributed by atoms with Gasteiger partial charge in [-0.15, -0.1) is 0 Å². The molecule has 32 heavy (non-hydrogen) atoms. The lowest BCUT2D eigenvalue weighted by molar-refractivity contribution is -0.125. The number of fused-ring (bicyclic) bond motifs is 1. The molecule has 2 amide bonds. The van der Waals surface area contributed by atoms with E-state index < -0.39 is 18.2 Å². The smallest absolute Gasteiger partial charge is 0.251 e. The number of aliphatic hydroxyl groups is 1. The normalized spacial score (nSPS) is 21.2. The second-order valence-electron chi connectivity index (χ2n) is 7.46. The van der Waals surface area contributed by atoms with E-state index in [2.05, 4.69) is 10.6 Å². The number of hydrogen-bond acceptors (Lipinski definition) is 6. The molecule has 168 valence electrons. The van der Waals surface area contributed by atoms with E-state index in [0.717, 1.165) is 5.56 Å². The van der Waals surface area contributed by atoms with Gasteiger partial charge in [0.05, 0.1) is 25.2 Å². The molecular formula is C23H23ClN2O6. The lowest BCUT2D eigenvalue weighted by Gasteiger charge is -2.31. The highest BCUT2D eigenvalue weighted by molar-refractivity contribution is 6.30. The zero-order valence-electron chi connectivity index (χ0n) is 17.1. The molecule has 8 nitrogen and oxygen atoms in total. The molecule has 3 N–H and O–H groups in total. The van der Waals surface area contributed by atoms with Gasteiger partial charge < -0.3 is 30.0 Å². The first-order chi connectivity index (χ1) is 15.5. The molecule has 2 aromatic rings. The van der Waals surface area contributed by atoms with Crippen LogP contribution < -0.4 is 20.1 Å². The molecule has 0 unspecified atom stereocenters. The Balaban J connectivity index is 1.30. The van der Waals surface area contributed by atoms with Crippen molar-refractivity contribution < 1.29 is 28.9 Å². The number of amides is 2. The molecule has 3 atom stereocenters. The molecule has 0 aliphatic carbocycles. The molecule has 0 radical (unpaired) electrons. The lowest BCUT2D eigenvalue weighted by Crippen LogP contribution is -2.49. The highest BCUT2D eigenvalue weighted by Gasteiger charge is 2.29. The van der Waals surface area contributed by atoms with Gasteiger partial charge in [0.2, 0.25) is 12.7 Å². The van der Waals surface area contributed by atoms with Crippen molar-refractivity contribution in [2.75, 3.05) is 13.4 Å². The molecule has 0 saturated carbocycles. The monoisotopic (exact) mass is 458 g/mol. The molecule has 0 fully saturated rings. The zero-order valence-corrected chi connectivity index (χ0v) is 17.9. The summed E-state index contributed by atoms with van der Waals surface area (Å²) in [6.07, 6.45) is 2.39.